The van der Waals surface area contributed by atoms with Gasteiger partial charge in [-0.1, -0.05) is 0 Å². The van der Waals surface area contributed by atoms with Crippen molar-refractivity contribution in [1.29, 1.82) is 0 Å². The van der Waals surface area contributed by atoms with Crippen LogP contribution in [0.1, 0.15) is 31.7 Å². The van der Waals surface area contributed by atoms with Crippen molar-refractivity contribution in [2.45, 2.75) is 45.4 Å². The summed E-state index contributed by atoms with van der Waals surface area (Å²) in [5.41, 5.74) is 2.20. The van der Waals surface area contributed by atoms with E-state index in [1.165, 1.54) is 12.8 Å². The van der Waals surface area contributed by atoms with E-state index < -0.39 is 0 Å². The number of benzene rings is 1. The first-order valence-electron chi connectivity index (χ1n) is 7.15. The van der Waals surface area contributed by atoms with Gasteiger partial charge in [0.25, 0.3) is 0 Å². The molecule has 3 rings (SSSR count). The molecule has 1 saturated carbocycles. The third-order valence-electron chi connectivity index (χ3n) is 3.19. The molecule has 0 radical (unpaired) electrons. The molecule has 1 aromatic heterocycles. The van der Waals surface area contributed by atoms with Crippen molar-refractivity contribution in [1.82, 2.24) is 10.3 Å². The first-order chi connectivity index (χ1) is 9.70. The standard InChI is InChI=1S/C16H20N2OS/c1-11(2)19-14-7-3-12(4-8-14)15-10-20-16(18-15)9-17-13-5-6-13/h3-4,7-8,10-11,13,17H,5-6,9H2,1-2H3. The molecule has 0 atom stereocenters. The number of thiazole rings is 1. The van der Waals surface area contributed by atoms with E-state index in [4.69, 9.17) is 4.74 Å². The molecule has 1 aliphatic rings. The number of ether oxygens (including phenoxy) is 1. The summed E-state index contributed by atoms with van der Waals surface area (Å²) < 4.78 is 5.65. The van der Waals surface area contributed by atoms with Crippen LogP contribution in [0.25, 0.3) is 11.3 Å². The second-order valence-electron chi connectivity index (χ2n) is 5.47. The Labute approximate surface area is 124 Å². The van der Waals surface area contributed by atoms with E-state index >= 15 is 0 Å². The van der Waals surface area contributed by atoms with Gasteiger partial charge in [-0.05, 0) is 51.0 Å². The molecular weight excluding hydrogens is 268 g/mol. The topological polar surface area (TPSA) is 34.1 Å². The van der Waals surface area contributed by atoms with Gasteiger partial charge in [-0.2, -0.15) is 0 Å². The Morgan fingerprint density at radius 1 is 1.30 bits per heavy atom. The average Bonchev–Trinajstić information content (AvgIpc) is 3.14. The molecule has 0 aliphatic heterocycles. The van der Waals surface area contributed by atoms with Crippen LogP contribution < -0.4 is 10.1 Å². The van der Waals surface area contributed by atoms with Crippen LogP contribution in [0.5, 0.6) is 5.75 Å². The molecule has 1 aliphatic carbocycles. The minimum atomic E-state index is 0.209. The first kappa shape index (κ1) is 13.6. The molecular formula is C16H20N2OS. The van der Waals surface area contributed by atoms with Crippen LogP contribution >= 0.6 is 11.3 Å². The Morgan fingerprint density at radius 2 is 2.05 bits per heavy atom. The Kier molecular flexibility index (Phi) is 4.03. The fourth-order valence-corrected chi connectivity index (χ4v) is 2.77. The van der Waals surface area contributed by atoms with Crippen LogP contribution in [-0.4, -0.2) is 17.1 Å². The molecule has 0 amide bonds. The summed E-state index contributed by atoms with van der Waals surface area (Å²) in [6.07, 6.45) is 2.84. The molecule has 106 valence electrons. The third kappa shape index (κ3) is 3.58. The molecule has 2 aromatic rings. The molecule has 1 N–H and O–H groups in total. The van der Waals surface area contributed by atoms with E-state index in [-0.39, 0.29) is 6.10 Å². The smallest absolute Gasteiger partial charge is 0.119 e. The van der Waals surface area contributed by atoms with Gasteiger partial charge < -0.3 is 10.1 Å². The maximum Gasteiger partial charge on any atom is 0.119 e. The minimum Gasteiger partial charge on any atom is -0.491 e. The Morgan fingerprint density at radius 3 is 2.70 bits per heavy atom. The molecule has 1 heterocycles. The fraction of sp³-hybridized carbons (Fsp3) is 0.438. The van der Waals surface area contributed by atoms with Gasteiger partial charge in [0, 0.05) is 23.5 Å². The maximum atomic E-state index is 5.65. The Balaban J connectivity index is 1.65. The summed E-state index contributed by atoms with van der Waals surface area (Å²) in [6.45, 7) is 4.96. The average molecular weight is 288 g/mol. The highest BCUT2D eigenvalue weighted by Gasteiger charge is 2.20. The lowest BCUT2D eigenvalue weighted by molar-refractivity contribution is 0.242. The van der Waals surface area contributed by atoms with Crippen LogP contribution in [0.15, 0.2) is 29.6 Å². The van der Waals surface area contributed by atoms with E-state index in [0.29, 0.717) is 0 Å². The van der Waals surface area contributed by atoms with Crippen molar-refractivity contribution in [2.24, 2.45) is 0 Å². The predicted molar refractivity (Wildman–Crippen MR) is 83.2 cm³/mol. The van der Waals surface area contributed by atoms with Crippen LogP contribution in [0.2, 0.25) is 0 Å². The summed E-state index contributed by atoms with van der Waals surface area (Å²) >= 11 is 1.72. The van der Waals surface area contributed by atoms with Crippen LogP contribution in [0.3, 0.4) is 0 Å². The number of hydrogen-bond acceptors (Lipinski definition) is 4. The summed E-state index contributed by atoms with van der Waals surface area (Å²) in [5.74, 6) is 0.912. The van der Waals surface area contributed by atoms with E-state index in [2.05, 4.69) is 27.8 Å². The van der Waals surface area contributed by atoms with Crippen molar-refractivity contribution in [2.75, 3.05) is 0 Å². The molecule has 20 heavy (non-hydrogen) atoms. The molecule has 0 saturated heterocycles. The lowest BCUT2D eigenvalue weighted by Gasteiger charge is -2.09. The van der Waals surface area contributed by atoms with Crippen LogP contribution in [0.4, 0.5) is 0 Å². The van der Waals surface area contributed by atoms with Gasteiger partial charge in [-0.3, -0.25) is 0 Å². The highest BCUT2D eigenvalue weighted by Crippen LogP contribution is 2.25. The molecule has 3 nitrogen and oxygen atoms in total. The monoisotopic (exact) mass is 288 g/mol. The highest BCUT2D eigenvalue weighted by atomic mass is 32.1. The predicted octanol–water partition coefficient (Wildman–Crippen LogP) is 3.85. The van der Waals surface area contributed by atoms with Gasteiger partial charge in [-0.25, -0.2) is 4.98 Å². The van der Waals surface area contributed by atoms with Crippen molar-refractivity contribution in [3.63, 3.8) is 0 Å². The molecule has 1 fully saturated rings. The van der Waals surface area contributed by atoms with Gasteiger partial charge >= 0.3 is 0 Å². The van der Waals surface area contributed by atoms with Gasteiger partial charge in [0.1, 0.15) is 10.8 Å². The summed E-state index contributed by atoms with van der Waals surface area (Å²) in [4.78, 5) is 4.69. The molecule has 0 unspecified atom stereocenters. The summed E-state index contributed by atoms with van der Waals surface area (Å²) in [5, 5.41) is 6.78. The van der Waals surface area contributed by atoms with E-state index in [1.807, 2.05) is 26.0 Å². The summed E-state index contributed by atoms with van der Waals surface area (Å²) in [7, 11) is 0. The largest absolute Gasteiger partial charge is 0.491 e. The van der Waals surface area contributed by atoms with Gasteiger partial charge in [0.15, 0.2) is 0 Å². The normalized spacial score (nSPS) is 14.8. The number of nitrogens with zero attached hydrogens (tertiary/aromatic N) is 1. The lowest BCUT2D eigenvalue weighted by atomic mass is 10.2. The van der Waals surface area contributed by atoms with Crippen LogP contribution in [0, 0.1) is 0 Å². The zero-order valence-electron chi connectivity index (χ0n) is 11.9. The van der Waals surface area contributed by atoms with Gasteiger partial charge in [0.2, 0.25) is 0 Å². The highest BCUT2D eigenvalue weighted by molar-refractivity contribution is 7.09. The Hall–Kier alpha value is -1.39. The quantitative estimate of drug-likeness (QED) is 0.876. The number of nitrogens with one attached hydrogen (secondary N) is 1. The number of rotatable bonds is 6. The number of hydrogen-bond donors (Lipinski definition) is 1. The van der Waals surface area contributed by atoms with E-state index in [9.17, 15) is 0 Å². The first-order valence-corrected chi connectivity index (χ1v) is 8.03. The maximum absolute atomic E-state index is 5.65. The van der Waals surface area contributed by atoms with Gasteiger partial charge in [-0.15, -0.1) is 11.3 Å². The molecule has 4 heteroatoms. The van der Waals surface area contributed by atoms with Gasteiger partial charge in [0.05, 0.1) is 11.8 Å². The molecule has 1 aromatic carbocycles. The van der Waals surface area contributed by atoms with Crippen molar-refractivity contribution in [3.05, 3.63) is 34.7 Å². The third-order valence-corrected chi connectivity index (χ3v) is 4.04. The lowest BCUT2D eigenvalue weighted by Crippen LogP contribution is -2.14. The second-order valence-corrected chi connectivity index (χ2v) is 6.42. The van der Waals surface area contributed by atoms with Crippen LogP contribution in [-0.2, 0) is 6.54 Å². The van der Waals surface area contributed by atoms with Crippen molar-refractivity contribution >= 4 is 11.3 Å². The Bertz CT molecular complexity index is 558. The zero-order chi connectivity index (χ0) is 13.9. The zero-order valence-corrected chi connectivity index (χ0v) is 12.7. The second kappa shape index (κ2) is 5.94. The van der Waals surface area contributed by atoms with Crippen molar-refractivity contribution in [3.8, 4) is 17.0 Å². The van der Waals surface area contributed by atoms with Crippen molar-refractivity contribution < 1.29 is 4.74 Å². The minimum absolute atomic E-state index is 0.209. The van der Waals surface area contributed by atoms with E-state index in [0.717, 1.165) is 34.6 Å². The fourth-order valence-electron chi connectivity index (χ4n) is 2.02. The molecule has 0 spiro atoms. The SMILES string of the molecule is CC(C)Oc1ccc(-c2csc(CNC3CC3)n2)cc1. The summed E-state index contributed by atoms with van der Waals surface area (Å²) in [6, 6.07) is 8.90. The number of aromatic nitrogens is 1. The molecule has 0 bridgehead atoms. The van der Waals surface area contributed by atoms with E-state index in [1.54, 1.807) is 11.3 Å².